The number of hydrogen-bond donors (Lipinski definition) is 3. The van der Waals surface area contributed by atoms with Gasteiger partial charge in [-0.3, -0.25) is 37.3 Å². The number of aliphatic hydroxyl groups is 1. The second kappa shape index (κ2) is 65.7. The lowest BCUT2D eigenvalue weighted by Crippen LogP contribution is -2.30. The Morgan fingerprint density at radius 2 is 0.444 bits per heavy atom. The zero-order valence-corrected chi connectivity index (χ0v) is 59.9. The van der Waals surface area contributed by atoms with Gasteiger partial charge in [-0.1, -0.05) is 323 Å². The molecule has 3 N–H and O–H groups in total. The normalized spacial score (nSPS) is 14.0. The van der Waals surface area contributed by atoms with Gasteiger partial charge in [-0.05, 0) is 25.7 Å². The van der Waals surface area contributed by atoms with Gasteiger partial charge in [-0.15, -0.1) is 0 Å². The molecule has 0 aliphatic rings. The van der Waals surface area contributed by atoms with E-state index < -0.39 is 97.5 Å². The summed E-state index contributed by atoms with van der Waals surface area (Å²) in [6, 6.07) is 0. The van der Waals surface area contributed by atoms with Crippen molar-refractivity contribution in [3.8, 4) is 0 Å². The van der Waals surface area contributed by atoms with Crippen LogP contribution >= 0.6 is 15.6 Å². The molecular weight excluding hydrogens is 1190 g/mol. The van der Waals surface area contributed by atoms with Crippen LogP contribution in [0.2, 0.25) is 0 Å². The van der Waals surface area contributed by atoms with Gasteiger partial charge in [0.15, 0.2) is 12.2 Å². The van der Waals surface area contributed by atoms with Crippen LogP contribution in [0.3, 0.4) is 0 Å². The summed E-state index contributed by atoms with van der Waals surface area (Å²) in [6.07, 6.45) is 54.0. The van der Waals surface area contributed by atoms with Crippen LogP contribution in [0.1, 0.15) is 374 Å². The summed E-state index contributed by atoms with van der Waals surface area (Å²) < 4.78 is 68.3. The van der Waals surface area contributed by atoms with Gasteiger partial charge in [-0.2, -0.15) is 0 Å². The molecule has 0 radical (unpaired) electrons. The monoisotopic (exact) mass is 1320 g/mol. The van der Waals surface area contributed by atoms with Crippen LogP contribution in [0.4, 0.5) is 0 Å². The standard InChI is InChI=1S/C71H138O17P2/c1-5-9-13-17-21-25-28-30-32-34-37-40-43-47-51-55-68(73)81-61-66(87-70(75)57-53-49-45-39-24-20-16-12-8-4)63-85-89(77,78)83-59-65(72)60-84-90(79,80)86-64-67(88-71(76)58-54-50-46-42-36-27-23-19-15-11-7-3)62-82-69(74)56-52-48-44-41-38-35-33-31-29-26-22-18-14-10-6-2/h65-67,72H,5-64H2,1-4H3,(H,77,78)(H,79,80)/t65-,66-,67-/m1/s1. The second-order valence-corrected chi connectivity index (χ2v) is 28.5. The predicted octanol–water partition coefficient (Wildman–Crippen LogP) is 20.7. The van der Waals surface area contributed by atoms with E-state index in [4.69, 9.17) is 37.0 Å². The van der Waals surface area contributed by atoms with E-state index >= 15 is 0 Å². The highest BCUT2D eigenvalue weighted by Gasteiger charge is 2.30. The minimum Gasteiger partial charge on any atom is -0.462 e. The molecule has 0 aliphatic heterocycles. The van der Waals surface area contributed by atoms with Gasteiger partial charge < -0.3 is 33.8 Å². The first-order chi connectivity index (χ1) is 43.7. The molecule has 0 saturated heterocycles. The van der Waals surface area contributed by atoms with Gasteiger partial charge in [0.05, 0.1) is 26.4 Å². The molecule has 0 aromatic heterocycles. The number of ether oxygens (including phenoxy) is 4. The van der Waals surface area contributed by atoms with Crippen LogP contribution in [0.5, 0.6) is 0 Å². The van der Waals surface area contributed by atoms with Crippen molar-refractivity contribution >= 4 is 39.5 Å². The van der Waals surface area contributed by atoms with E-state index in [9.17, 15) is 43.2 Å². The molecule has 0 aliphatic carbocycles. The maximum Gasteiger partial charge on any atom is 0.472 e. The molecule has 0 heterocycles. The largest absolute Gasteiger partial charge is 0.472 e. The molecule has 0 rings (SSSR count). The molecule has 0 aromatic rings. The Morgan fingerprint density at radius 1 is 0.267 bits per heavy atom. The van der Waals surface area contributed by atoms with Crippen molar-refractivity contribution in [2.24, 2.45) is 0 Å². The van der Waals surface area contributed by atoms with E-state index in [1.54, 1.807) is 0 Å². The summed E-state index contributed by atoms with van der Waals surface area (Å²) in [4.78, 5) is 72.5. The van der Waals surface area contributed by atoms with Crippen molar-refractivity contribution in [3.05, 3.63) is 0 Å². The van der Waals surface area contributed by atoms with Crippen molar-refractivity contribution in [2.75, 3.05) is 39.6 Å². The van der Waals surface area contributed by atoms with Crippen LogP contribution in [-0.2, 0) is 65.4 Å². The van der Waals surface area contributed by atoms with Gasteiger partial charge >= 0.3 is 39.5 Å². The van der Waals surface area contributed by atoms with E-state index in [1.165, 1.54) is 205 Å². The predicted molar refractivity (Wildman–Crippen MR) is 363 cm³/mol. The van der Waals surface area contributed by atoms with Gasteiger partial charge in [0.2, 0.25) is 0 Å². The Balaban J connectivity index is 5.18. The number of rotatable bonds is 72. The van der Waals surface area contributed by atoms with E-state index in [1.807, 2.05) is 0 Å². The maximum absolute atomic E-state index is 13.0. The van der Waals surface area contributed by atoms with E-state index in [2.05, 4.69) is 27.7 Å². The Hall–Kier alpha value is -1.94. The molecular formula is C71H138O17P2. The zero-order valence-electron chi connectivity index (χ0n) is 58.1. The molecule has 19 heteroatoms. The van der Waals surface area contributed by atoms with Gasteiger partial charge in [0.1, 0.15) is 19.3 Å². The summed E-state index contributed by atoms with van der Waals surface area (Å²) in [5.74, 6) is -2.12. The van der Waals surface area contributed by atoms with Crippen molar-refractivity contribution in [2.45, 2.75) is 393 Å². The fraction of sp³-hybridized carbons (Fsp3) is 0.944. The molecule has 0 saturated carbocycles. The lowest BCUT2D eigenvalue weighted by atomic mass is 10.0. The van der Waals surface area contributed by atoms with Crippen molar-refractivity contribution in [1.82, 2.24) is 0 Å². The van der Waals surface area contributed by atoms with Gasteiger partial charge in [0.25, 0.3) is 0 Å². The fourth-order valence-electron chi connectivity index (χ4n) is 10.9. The quantitative estimate of drug-likeness (QED) is 0.0222. The lowest BCUT2D eigenvalue weighted by molar-refractivity contribution is -0.161. The smallest absolute Gasteiger partial charge is 0.462 e. The summed E-state index contributed by atoms with van der Waals surface area (Å²) in [6.45, 7) is 4.94. The summed E-state index contributed by atoms with van der Waals surface area (Å²) >= 11 is 0. The summed E-state index contributed by atoms with van der Waals surface area (Å²) in [7, 11) is -9.89. The molecule has 534 valence electrons. The highest BCUT2D eigenvalue weighted by molar-refractivity contribution is 7.47. The van der Waals surface area contributed by atoms with Gasteiger partial charge in [-0.25, -0.2) is 9.13 Å². The van der Waals surface area contributed by atoms with Crippen LogP contribution < -0.4 is 0 Å². The van der Waals surface area contributed by atoms with Crippen molar-refractivity contribution in [1.29, 1.82) is 0 Å². The van der Waals surface area contributed by atoms with Crippen LogP contribution in [0.15, 0.2) is 0 Å². The van der Waals surface area contributed by atoms with Crippen molar-refractivity contribution in [3.63, 3.8) is 0 Å². The summed E-state index contributed by atoms with van der Waals surface area (Å²) in [5, 5.41) is 10.6. The zero-order chi connectivity index (χ0) is 66.1. The molecule has 5 atom stereocenters. The molecule has 0 fully saturated rings. The van der Waals surface area contributed by atoms with Gasteiger partial charge in [0, 0.05) is 25.7 Å². The van der Waals surface area contributed by atoms with Crippen LogP contribution in [0, 0.1) is 0 Å². The average Bonchev–Trinajstić information content (AvgIpc) is 3.39. The minimum absolute atomic E-state index is 0.107. The first-order valence-electron chi connectivity index (χ1n) is 37.3. The van der Waals surface area contributed by atoms with Crippen molar-refractivity contribution < 1.29 is 80.2 Å². The highest BCUT2D eigenvalue weighted by Crippen LogP contribution is 2.45. The lowest BCUT2D eigenvalue weighted by Gasteiger charge is -2.21. The van der Waals surface area contributed by atoms with E-state index in [0.29, 0.717) is 25.7 Å². The topological polar surface area (TPSA) is 237 Å². The van der Waals surface area contributed by atoms with Crippen LogP contribution in [0.25, 0.3) is 0 Å². The Labute approximate surface area is 549 Å². The number of carbonyl (C=O) groups is 4. The SMILES string of the molecule is CCCCCCCCCCCCCCCCCC(=O)OC[C@H](COP(=O)(O)OC[C@@H](O)COP(=O)(O)OC[C@@H](COC(=O)CCCCCCCCCCCCCCCCC)OC(=O)CCCCCCCCCCCCC)OC(=O)CCCCCCCCCCC. The molecule has 0 amide bonds. The number of phosphoric ester groups is 2. The van der Waals surface area contributed by atoms with Crippen LogP contribution in [-0.4, -0.2) is 96.7 Å². The maximum atomic E-state index is 13.0. The Bertz CT molecular complexity index is 1720. The first kappa shape index (κ1) is 88.1. The molecule has 17 nitrogen and oxygen atoms in total. The average molecular weight is 1330 g/mol. The molecule has 0 spiro atoms. The number of carbonyl (C=O) groups excluding carboxylic acids is 4. The third-order valence-electron chi connectivity index (χ3n) is 16.6. The molecule has 90 heavy (non-hydrogen) atoms. The Morgan fingerprint density at radius 3 is 0.656 bits per heavy atom. The second-order valence-electron chi connectivity index (χ2n) is 25.6. The number of phosphoric acid groups is 2. The summed E-state index contributed by atoms with van der Waals surface area (Å²) in [5.41, 5.74) is 0. The van der Waals surface area contributed by atoms with E-state index in [0.717, 1.165) is 89.9 Å². The first-order valence-corrected chi connectivity index (χ1v) is 40.3. The fourth-order valence-corrected chi connectivity index (χ4v) is 12.4. The molecule has 0 aromatic carbocycles. The number of hydrogen-bond acceptors (Lipinski definition) is 15. The number of unbranched alkanes of at least 4 members (excludes halogenated alkanes) is 46. The minimum atomic E-state index is -4.95. The third kappa shape index (κ3) is 64.8. The molecule has 0 bridgehead atoms. The molecule has 2 unspecified atom stereocenters. The van der Waals surface area contributed by atoms with E-state index in [-0.39, 0.29) is 25.7 Å². The highest BCUT2D eigenvalue weighted by atomic mass is 31.2. The number of esters is 4. The third-order valence-corrected chi connectivity index (χ3v) is 18.5. The number of aliphatic hydroxyl groups excluding tert-OH is 1. The Kier molecular flexibility index (Phi) is 64.3.